The first kappa shape index (κ1) is 15.5. The molecule has 0 aromatic heterocycles. The number of aryl methyl sites for hydroxylation is 1. The fraction of sp³-hybridized carbons (Fsp3) is 0.611. The van der Waals surface area contributed by atoms with Crippen LogP contribution in [-0.2, 0) is 9.53 Å². The van der Waals surface area contributed by atoms with E-state index in [1.54, 1.807) is 0 Å². The molecule has 0 spiro atoms. The maximum absolute atomic E-state index is 12.2. The van der Waals surface area contributed by atoms with Gasteiger partial charge in [-0.3, -0.25) is 9.69 Å². The molecule has 1 aromatic carbocycles. The second-order valence-corrected chi connectivity index (χ2v) is 6.60. The lowest BCUT2D eigenvalue weighted by Gasteiger charge is -2.28. The van der Waals surface area contributed by atoms with Crippen molar-refractivity contribution in [2.45, 2.75) is 19.9 Å². The molecule has 0 unspecified atom stereocenters. The Morgan fingerprint density at radius 1 is 1.27 bits per heavy atom. The number of likely N-dealkylation sites (tertiary alicyclic amines) is 2. The van der Waals surface area contributed by atoms with Crippen molar-refractivity contribution in [3.8, 4) is 0 Å². The molecule has 4 nitrogen and oxygen atoms in total. The first-order valence-corrected chi connectivity index (χ1v) is 8.23. The maximum Gasteiger partial charge on any atom is 0.248 e. The van der Waals surface area contributed by atoms with Crippen LogP contribution in [0.15, 0.2) is 24.3 Å². The number of fused-ring (bicyclic) bond motifs is 1. The van der Waals surface area contributed by atoms with E-state index in [9.17, 15) is 4.79 Å². The van der Waals surface area contributed by atoms with Crippen LogP contribution in [0, 0.1) is 18.8 Å². The minimum atomic E-state index is 0.141. The smallest absolute Gasteiger partial charge is 0.248 e. The summed E-state index contributed by atoms with van der Waals surface area (Å²) in [5.74, 6) is 1.26. The van der Waals surface area contributed by atoms with Crippen LogP contribution in [0.3, 0.4) is 0 Å². The van der Waals surface area contributed by atoms with Gasteiger partial charge in [0.1, 0.15) is 6.61 Å². The second-order valence-electron chi connectivity index (χ2n) is 6.60. The number of hydrogen-bond donors (Lipinski definition) is 0. The van der Waals surface area contributed by atoms with E-state index in [0.717, 1.165) is 19.6 Å². The third kappa shape index (κ3) is 2.77. The van der Waals surface area contributed by atoms with E-state index in [-0.39, 0.29) is 12.5 Å². The topological polar surface area (TPSA) is 32.8 Å². The summed E-state index contributed by atoms with van der Waals surface area (Å²) in [4.78, 5) is 16.7. The van der Waals surface area contributed by atoms with Crippen LogP contribution >= 0.6 is 0 Å². The minimum Gasteiger partial charge on any atom is -0.372 e. The first-order valence-electron chi connectivity index (χ1n) is 8.23. The maximum atomic E-state index is 12.2. The molecule has 22 heavy (non-hydrogen) atoms. The Bertz CT molecular complexity index is 546. The van der Waals surface area contributed by atoms with Gasteiger partial charge in [0.25, 0.3) is 0 Å². The van der Waals surface area contributed by atoms with Gasteiger partial charge < -0.3 is 9.64 Å². The normalized spacial score (nSPS) is 28.1. The number of ether oxygens (including phenoxy) is 1. The highest BCUT2D eigenvalue weighted by Gasteiger charge is 2.47. The largest absolute Gasteiger partial charge is 0.372 e. The van der Waals surface area contributed by atoms with Crippen molar-refractivity contribution in [3.63, 3.8) is 0 Å². The van der Waals surface area contributed by atoms with Gasteiger partial charge in [0, 0.05) is 38.2 Å². The van der Waals surface area contributed by atoms with Gasteiger partial charge in [0.2, 0.25) is 5.91 Å². The molecule has 2 saturated heterocycles. The molecule has 4 heteroatoms. The van der Waals surface area contributed by atoms with Gasteiger partial charge in [-0.05, 0) is 37.9 Å². The average Bonchev–Trinajstić information content (AvgIpc) is 3.02. The molecule has 2 fully saturated rings. The van der Waals surface area contributed by atoms with Gasteiger partial charge in [-0.15, -0.1) is 0 Å². The van der Waals surface area contributed by atoms with E-state index in [2.05, 4.69) is 43.1 Å². The predicted octanol–water partition coefficient (Wildman–Crippen LogP) is 2.09. The number of nitrogens with zero attached hydrogens (tertiary/aromatic N) is 2. The van der Waals surface area contributed by atoms with Gasteiger partial charge in [-0.2, -0.15) is 0 Å². The molecular formula is C18H26N2O2. The summed E-state index contributed by atoms with van der Waals surface area (Å²) < 4.78 is 5.28. The fourth-order valence-electron chi connectivity index (χ4n) is 4.13. The van der Waals surface area contributed by atoms with Crippen LogP contribution < -0.4 is 0 Å². The van der Waals surface area contributed by atoms with Gasteiger partial charge in [-0.25, -0.2) is 0 Å². The van der Waals surface area contributed by atoms with Crippen molar-refractivity contribution in [3.05, 3.63) is 35.4 Å². The van der Waals surface area contributed by atoms with Crippen LogP contribution in [-0.4, -0.2) is 55.6 Å². The molecule has 1 amide bonds. The standard InChI is InChI=1S/C18H26N2O2/c1-4-22-12-17(21)20-10-14-9-19(3)18(16(14)11-20)15-8-6-5-7-13(15)2/h5-8,14,16,18H,4,9-12H2,1-3H3/t14-,16+,18-/m0/s1. The molecule has 3 atom stereocenters. The number of benzene rings is 1. The van der Waals surface area contributed by atoms with Crippen LogP contribution in [0.2, 0.25) is 0 Å². The van der Waals surface area contributed by atoms with Crippen molar-refractivity contribution >= 4 is 5.91 Å². The first-order chi connectivity index (χ1) is 10.6. The highest BCUT2D eigenvalue weighted by molar-refractivity contribution is 5.77. The lowest BCUT2D eigenvalue weighted by molar-refractivity contribution is -0.135. The molecule has 2 aliphatic heterocycles. The second kappa shape index (κ2) is 6.39. The lowest BCUT2D eigenvalue weighted by Crippen LogP contribution is -2.35. The summed E-state index contributed by atoms with van der Waals surface area (Å²) in [5, 5.41) is 0. The van der Waals surface area contributed by atoms with Crippen LogP contribution in [0.25, 0.3) is 0 Å². The molecule has 0 aliphatic carbocycles. The fourth-order valence-corrected chi connectivity index (χ4v) is 4.13. The van der Waals surface area contributed by atoms with E-state index in [1.165, 1.54) is 11.1 Å². The molecule has 120 valence electrons. The van der Waals surface area contributed by atoms with Crippen LogP contribution in [0.4, 0.5) is 0 Å². The van der Waals surface area contributed by atoms with E-state index < -0.39 is 0 Å². The lowest BCUT2D eigenvalue weighted by atomic mass is 9.88. The molecule has 0 radical (unpaired) electrons. The number of carbonyl (C=O) groups excluding carboxylic acids is 1. The molecule has 1 aromatic rings. The number of hydrogen-bond acceptors (Lipinski definition) is 3. The summed E-state index contributed by atoms with van der Waals surface area (Å²) >= 11 is 0. The quantitative estimate of drug-likeness (QED) is 0.854. The predicted molar refractivity (Wildman–Crippen MR) is 86.6 cm³/mol. The number of rotatable bonds is 4. The molecule has 3 rings (SSSR count). The highest BCUT2D eigenvalue weighted by atomic mass is 16.5. The molecular weight excluding hydrogens is 276 g/mol. The molecule has 2 heterocycles. The summed E-state index contributed by atoms with van der Waals surface area (Å²) in [5.41, 5.74) is 2.76. The zero-order chi connectivity index (χ0) is 15.7. The molecule has 0 N–H and O–H groups in total. The Balaban J connectivity index is 1.75. The monoisotopic (exact) mass is 302 g/mol. The van der Waals surface area contributed by atoms with Crippen molar-refractivity contribution in [1.82, 2.24) is 9.80 Å². The third-order valence-corrected chi connectivity index (χ3v) is 5.18. The van der Waals surface area contributed by atoms with Gasteiger partial charge in [-0.1, -0.05) is 24.3 Å². The van der Waals surface area contributed by atoms with E-state index in [4.69, 9.17) is 4.74 Å². The van der Waals surface area contributed by atoms with E-state index in [0.29, 0.717) is 24.5 Å². The number of amides is 1. The van der Waals surface area contributed by atoms with E-state index >= 15 is 0 Å². The van der Waals surface area contributed by atoms with Crippen LogP contribution in [0.1, 0.15) is 24.1 Å². The SMILES string of the molecule is CCOCC(=O)N1C[C@@H]2CN(C)[C@@H](c3ccccc3C)[C@@H]2C1. The van der Waals surface area contributed by atoms with E-state index in [1.807, 2.05) is 11.8 Å². The van der Waals surface area contributed by atoms with Crippen molar-refractivity contribution in [2.75, 3.05) is 39.9 Å². The molecule has 2 aliphatic rings. The summed E-state index contributed by atoms with van der Waals surface area (Å²) in [7, 11) is 2.21. The Labute approximate surface area is 133 Å². The minimum absolute atomic E-state index is 0.141. The summed E-state index contributed by atoms with van der Waals surface area (Å²) in [6.45, 7) is 7.74. The van der Waals surface area contributed by atoms with Gasteiger partial charge in [0.05, 0.1) is 0 Å². The van der Waals surface area contributed by atoms with Gasteiger partial charge >= 0.3 is 0 Å². The summed E-state index contributed by atoms with van der Waals surface area (Å²) in [6, 6.07) is 9.07. The Hall–Kier alpha value is -1.39. The highest BCUT2D eigenvalue weighted by Crippen LogP contribution is 2.44. The van der Waals surface area contributed by atoms with Crippen LogP contribution in [0.5, 0.6) is 0 Å². The zero-order valence-corrected chi connectivity index (χ0v) is 13.8. The Morgan fingerprint density at radius 3 is 2.77 bits per heavy atom. The van der Waals surface area contributed by atoms with Crippen molar-refractivity contribution < 1.29 is 9.53 Å². The third-order valence-electron chi connectivity index (χ3n) is 5.18. The Morgan fingerprint density at radius 2 is 2.05 bits per heavy atom. The zero-order valence-electron chi connectivity index (χ0n) is 13.8. The number of carbonyl (C=O) groups is 1. The van der Waals surface area contributed by atoms with Gasteiger partial charge in [0.15, 0.2) is 0 Å². The molecule has 0 saturated carbocycles. The summed E-state index contributed by atoms with van der Waals surface area (Å²) in [6.07, 6.45) is 0. The van der Waals surface area contributed by atoms with Crippen molar-refractivity contribution in [1.29, 1.82) is 0 Å². The Kier molecular flexibility index (Phi) is 4.50. The molecule has 0 bridgehead atoms. The van der Waals surface area contributed by atoms with Crippen molar-refractivity contribution in [2.24, 2.45) is 11.8 Å². The average molecular weight is 302 g/mol.